The van der Waals surface area contributed by atoms with E-state index in [1.165, 1.54) is 24.5 Å². The second kappa shape index (κ2) is 7.03. The van der Waals surface area contributed by atoms with Gasteiger partial charge in [-0.1, -0.05) is 13.3 Å². The van der Waals surface area contributed by atoms with Crippen LogP contribution in [0, 0.1) is 0 Å². The maximum absolute atomic E-state index is 12.1. The van der Waals surface area contributed by atoms with Crippen LogP contribution >= 0.6 is 0 Å². The van der Waals surface area contributed by atoms with Crippen molar-refractivity contribution in [3.63, 3.8) is 0 Å². The number of hydrogen-bond acceptors (Lipinski definition) is 5. The van der Waals surface area contributed by atoms with E-state index in [2.05, 4.69) is 21.6 Å². The number of rotatable bonds is 7. The fourth-order valence-corrected chi connectivity index (χ4v) is 2.54. The number of nitrogens with zero attached hydrogens (tertiary/aromatic N) is 2. The molecule has 0 bridgehead atoms. The van der Waals surface area contributed by atoms with E-state index in [1.54, 1.807) is 18.2 Å². The van der Waals surface area contributed by atoms with Crippen molar-refractivity contribution in [2.45, 2.75) is 24.7 Å². The van der Waals surface area contributed by atoms with E-state index < -0.39 is 10.0 Å². The van der Waals surface area contributed by atoms with Crippen LogP contribution in [0.1, 0.15) is 19.8 Å². The Bertz CT molecular complexity index is 658. The van der Waals surface area contributed by atoms with Gasteiger partial charge in [-0.2, -0.15) is 0 Å². The summed E-state index contributed by atoms with van der Waals surface area (Å²) in [6.45, 7) is 2.70. The first kappa shape index (κ1) is 15.2. The van der Waals surface area contributed by atoms with Gasteiger partial charge in [0.2, 0.25) is 5.95 Å². The third-order valence-corrected chi connectivity index (χ3v) is 4.04. The molecule has 0 atom stereocenters. The van der Waals surface area contributed by atoms with Gasteiger partial charge in [-0.25, -0.2) is 23.1 Å². The minimum Gasteiger partial charge on any atom is -0.494 e. The van der Waals surface area contributed by atoms with Gasteiger partial charge in [0.05, 0.1) is 11.5 Å². The Morgan fingerprint density at radius 3 is 2.43 bits per heavy atom. The summed E-state index contributed by atoms with van der Waals surface area (Å²) in [5, 5.41) is 0. The van der Waals surface area contributed by atoms with Crippen LogP contribution in [0.3, 0.4) is 0 Å². The molecule has 0 unspecified atom stereocenters. The van der Waals surface area contributed by atoms with Crippen molar-refractivity contribution in [2.24, 2.45) is 0 Å². The third-order valence-electron chi connectivity index (χ3n) is 2.69. The average Bonchev–Trinajstić information content (AvgIpc) is 2.49. The number of hydrogen-bond donors (Lipinski definition) is 1. The van der Waals surface area contributed by atoms with Crippen molar-refractivity contribution in [2.75, 3.05) is 11.3 Å². The number of sulfonamides is 1. The molecule has 1 aromatic carbocycles. The molecule has 1 N–H and O–H groups in total. The van der Waals surface area contributed by atoms with Gasteiger partial charge in [-0.15, -0.1) is 0 Å². The van der Waals surface area contributed by atoms with Crippen LogP contribution in [0.25, 0.3) is 0 Å². The molecule has 112 valence electrons. The molecule has 0 spiro atoms. The minimum atomic E-state index is -3.69. The van der Waals surface area contributed by atoms with Crippen LogP contribution in [0.2, 0.25) is 0 Å². The van der Waals surface area contributed by atoms with Gasteiger partial charge in [-0.05, 0) is 36.8 Å². The van der Waals surface area contributed by atoms with Gasteiger partial charge in [0, 0.05) is 12.4 Å². The van der Waals surface area contributed by atoms with Crippen molar-refractivity contribution < 1.29 is 13.2 Å². The van der Waals surface area contributed by atoms with Gasteiger partial charge in [-0.3, -0.25) is 0 Å². The van der Waals surface area contributed by atoms with Crippen LogP contribution in [0.15, 0.2) is 47.6 Å². The van der Waals surface area contributed by atoms with Crippen LogP contribution in [0.5, 0.6) is 5.75 Å². The van der Waals surface area contributed by atoms with Crippen molar-refractivity contribution in [3.05, 3.63) is 42.7 Å². The van der Waals surface area contributed by atoms with Gasteiger partial charge in [0.15, 0.2) is 0 Å². The third kappa shape index (κ3) is 4.42. The van der Waals surface area contributed by atoms with E-state index in [0.29, 0.717) is 12.4 Å². The van der Waals surface area contributed by atoms with Gasteiger partial charge in [0.1, 0.15) is 5.75 Å². The maximum atomic E-state index is 12.1. The van der Waals surface area contributed by atoms with Gasteiger partial charge >= 0.3 is 0 Å². The number of nitrogens with one attached hydrogen (secondary N) is 1. The number of ether oxygens (including phenoxy) is 1. The summed E-state index contributed by atoms with van der Waals surface area (Å²) < 4.78 is 32.1. The number of benzene rings is 1. The summed E-state index contributed by atoms with van der Waals surface area (Å²) in [6.07, 6.45) is 4.95. The van der Waals surface area contributed by atoms with E-state index in [9.17, 15) is 8.42 Å². The van der Waals surface area contributed by atoms with Crippen molar-refractivity contribution in [1.29, 1.82) is 0 Å². The summed E-state index contributed by atoms with van der Waals surface area (Å²) in [6, 6.07) is 7.87. The highest BCUT2D eigenvalue weighted by Gasteiger charge is 2.15. The lowest BCUT2D eigenvalue weighted by molar-refractivity contribution is 0.309. The Morgan fingerprint density at radius 2 is 1.81 bits per heavy atom. The summed E-state index contributed by atoms with van der Waals surface area (Å²) >= 11 is 0. The summed E-state index contributed by atoms with van der Waals surface area (Å²) in [7, 11) is -3.69. The molecular formula is C14H17N3O3S. The molecule has 0 radical (unpaired) electrons. The van der Waals surface area contributed by atoms with Crippen molar-refractivity contribution >= 4 is 16.0 Å². The summed E-state index contributed by atoms with van der Waals surface area (Å²) in [5.74, 6) is 0.694. The first-order valence-electron chi connectivity index (χ1n) is 6.64. The molecule has 0 aliphatic heterocycles. The summed E-state index contributed by atoms with van der Waals surface area (Å²) in [4.78, 5) is 7.80. The lowest BCUT2D eigenvalue weighted by Crippen LogP contribution is -2.14. The summed E-state index contributed by atoms with van der Waals surface area (Å²) in [5.41, 5.74) is 0. The molecule has 0 aliphatic carbocycles. The second-order valence-electron chi connectivity index (χ2n) is 4.35. The first-order valence-corrected chi connectivity index (χ1v) is 8.13. The molecule has 0 saturated carbocycles. The maximum Gasteiger partial charge on any atom is 0.264 e. The first-order chi connectivity index (χ1) is 10.1. The van der Waals surface area contributed by atoms with Gasteiger partial charge in [0.25, 0.3) is 10.0 Å². The fourth-order valence-electron chi connectivity index (χ4n) is 1.58. The molecule has 0 amide bonds. The molecule has 0 saturated heterocycles. The number of unbranched alkanes of at least 4 members (excludes halogenated alkanes) is 1. The predicted octanol–water partition coefficient (Wildman–Crippen LogP) is 2.46. The van der Waals surface area contributed by atoms with Crippen LogP contribution < -0.4 is 9.46 Å². The molecule has 21 heavy (non-hydrogen) atoms. The Morgan fingerprint density at radius 1 is 1.14 bits per heavy atom. The highest BCUT2D eigenvalue weighted by molar-refractivity contribution is 7.92. The van der Waals surface area contributed by atoms with E-state index in [0.717, 1.165) is 12.8 Å². The predicted molar refractivity (Wildman–Crippen MR) is 79.7 cm³/mol. The van der Waals surface area contributed by atoms with E-state index in [-0.39, 0.29) is 10.8 Å². The van der Waals surface area contributed by atoms with Crippen LogP contribution in [0.4, 0.5) is 5.95 Å². The number of aromatic nitrogens is 2. The Hall–Kier alpha value is -2.15. The molecule has 0 aliphatic rings. The van der Waals surface area contributed by atoms with Crippen molar-refractivity contribution in [1.82, 2.24) is 9.97 Å². The van der Waals surface area contributed by atoms with E-state index in [1.807, 2.05) is 0 Å². The zero-order valence-corrected chi connectivity index (χ0v) is 12.5. The molecular weight excluding hydrogens is 290 g/mol. The Labute approximate surface area is 124 Å². The molecule has 2 rings (SSSR count). The second-order valence-corrected chi connectivity index (χ2v) is 6.03. The molecule has 0 fully saturated rings. The zero-order chi connectivity index (χ0) is 15.1. The molecule has 2 aromatic rings. The average molecular weight is 307 g/mol. The topological polar surface area (TPSA) is 81.2 Å². The van der Waals surface area contributed by atoms with Gasteiger partial charge < -0.3 is 4.74 Å². The quantitative estimate of drug-likeness (QED) is 0.795. The molecule has 1 aromatic heterocycles. The number of anilines is 1. The normalized spacial score (nSPS) is 11.1. The molecule has 7 heteroatoms. The Balaban J connectivity index is 2.06. The van der Waals surface area contributed by atoms with Crippen LogP contribution in [-0.4, -0.2) is 25.0 Å². The van der Waals surface area contributed by atoms with E-state index in [4.69, 9.17) is 4.74 Å². The highest BCUT2D eigenvalue weighted by Crippen LogP contribution is 2.18. The fraction of sp³-hybridized carbons (Fsp3) is 0.286. The largest absolute Gasteiger partial charge is 0.494 e. The standard InChI is InChI=1S/C14H17N3O3S/c1-2-3-11-20-12-5-7-13(8-6-12)21(18,19)17-14-15-9-4-10-16-14/h4-10H,2-3,11H2,1H3,(H,15,16,17). The SMILES string of the molecule is CCCCOc1ccc(S(=O)(=O)Nc2ncccn2)cc1. The molecule has 6 nitrogen and oxygen atoms in total. The Kier molecular flexibility index (Phi) is 5.10. The van der Waals surface area contributed by atoms with Crippen molar-refractivity contribution in [3.8, 4) is 5.75 Å². The molecule has 1 heterocycles. The zero-order valence-electron chi connectivity index (χ0n) is 11.7. The van der Waals surface area contributed by atoms with Crippen LogP contribution in [-0.2, 0) is 10.0 Å². The minimum absolute atomic E-state index is 0.0424. The highest BCUT2D eigenvalue weighted by atomic mass is 32.2. The monoisotopic (exact) mass is 307 g/mol. The lowest BCUT2D eigenvalue weighted by atomic mass is 10.3. The lowest BCUT2D eigenvalue weighted by Gasteiger charge is -2.08. The smallest absolute Gasteiger partial charge is 0.264 e. The van der Waals surface area contributed by atoms with E-state index >= 15 is 0 Å².